The van der Waals surface area contributed by atoms with Gasteiger partial charge in [0, 0.05) is 12.5 Å². The number of carboxylic acids is 1. The van der Waals surface area contributed by atoms with Gasteiger partial charge in [-0.3, -0.25) is 9.59 Å². The summed E-state index contributed by atoms with van der Waals surface area (Å²) in [5, 5.41) is 12.4. The molecule has 116 valence electrons. The summed E-state index contributed by atoms with van der Waals surface area (Å²) in [6.07, 6.45) is 0.815. The summed E-state index contributed by atoms with van der Waals surface area (Å²) in [4.78, 5) is 23.8. The zero-order chi connectivity index (χ0) is 16.0. The summed E-state index contributed by atoms with van der Waals surface area (Å²) in [5.41, 5.74) is -0.563. The van der Waals surface area contributed by atoms with Crippen LogP contribution < -0.4 is 5.32 Å². The van der Waals surface area contributed by atoms with Gasteiger partial charge in [0.15, 0.2) is 0 Å². The highest BCUT2D eigenvalue weighted by atomic mass is 16.4. The lowest BCUT2D eigenvalue weighted by atomic mass is 9.79. The number of aliphatic carboxylic acids is 1. The summed E-state index contributed by atoms with van der Waals surface area (Å²) < 4.78 is 0. The highest BCUT2D eigenvalue weighted by Gasteiger charge is 2.37. The van der Waals surface area contributed by atoms with E-state index in [2.05, 4.69) is 19.2 Å². The van der Waals surface area contributed by atoms with Crippen LogP contribution in [0.25, 0.3) is 0 Å². The van der Waals surface area contributed by atoms with Crippen LogP contribution in [-0.2, 0) is 15.0 Å². The second-order valence-corrected chi connectivity index (χ2v) is 6.28. The van der Waals surface area contributed by atoms with Crippen LogP contribution in [0.2, 0.25) is 0 Å². The molecule has 1 amide bonds. The first kappa shape index (κ1) is 17.2. The fraction of sp³-hybridized carbons (Fsp3) is 0.529. The lowest BCUT2D eigenvalue weighted by Crippen LogP contribution is -2.41. The minimum atomic E-state index is -1.21. The zero-order valence-electron chi connectivity index (χ0n) is 13.2. The lowest BCUT2D eigenvalue weighted by molar-refractivity contribution is -0.145. The van der Waals surface area contributed by atoms with E-state index in [0.29, 0.717) is 11.5 Å². The number of hydrogen-bond acceptors (Lipinski definition) is 2. The van der Waals surface area contributed by atoms with Crippen molar-refractivity contribution in [1.29, 1.82) is 0 Å². The predicted octanol–water partition coefficient (Wildman–Crippen LogP) is 2.97. The number of nitrogens with one attached hydrogen (secondary N) is 1. The van der Waals surface area contributed by atoms with Gasteiger partial charge >= 0.3 is 5.97 Å². The molecule has 0 aliphatic rings. The molecule has 2 N–H and O–H groups in total. The largest absolute Gasteiger partial charge is 0.481 e. The van der Waals surface area contributed by atoms with E-state index < -0.39 is 11.4 Å². The standard InChI is InChI=1S/C17H25NO3/c1-12(2)10-13(3)18-15(19)11-17(4,16(20)21)14-8-6-5-7-9-14/h5-9,12-13H,10-11H2,1-4H3,(H,18,19)(H,20,21). The molecule has 4 heteroatoms. The molecule has 0 saturated carbocycles. The summed E-state index contributed by atoms with van der Waals surface area (Å²) in [6, 6.07) is 8.95. The Morgan fingerprint density at radius 3 is 2.24 bits per heavy atom. The van der Waals surface area contributed by atoms with Crippen LogP contribution in [0.15, 0.2) is 30.3 Å². The molecule has 0 spiro atoms. The molecular formula is C17H25NO3. The summed E-state index contributed by atoms with van der Waals surface area (Å²) in [7, 11) is 0. The summed E-state index contributed by atoms with van der Waals surface area (Å²) in [6.45, 7) is 7.72. The Morgan fingerprint density at radius 1 is 1.19 bits per heavy atom. The molecule has 0 heterocycles. The van der Waals surface area contributed by atoms with Crippen molar-refractivity contribution in [3.05, 3.63) is 35.9 Å². The van der Waals surface area contributed by atoms with Crippen molar-refractivity contribution >= 4 is 11.9 Å². The SMILES string of the molecule is CC(C)CC(C)NC(=O)CC(C)(C(=O)O)c1ccccc1. The Balaban J connectivity index is 2.80. The molecule has 1 aromatic carbocycles. The molecule has 2 unspecified atom stereocenters. The van der Waals surface area contributed by atoms with Gasteiger partial charge in [-0.25, -0.2) is 0 Å². The van der Waals surface area contributed by atoms with Crippen molar-refractivity contribution in [3.8, 4) is 0 Å². The van der Waals surface area contributed by atoms with Crippen molar-refractivity contribution in [2.75, 3.05) is 0 Å². The Morgan fingerprint density at radius 2 is 1.76 bits per heavy atom. The maximum absolute atomic E-state index is 12.2. The average molecular weight is 291 g/mol. The maximum Gasteiger partial charge on any atom is 0.314 e. The van der Waals surface area contributed by atoms with Crippen molar-refractivity contribution in [2.45, 2.75) is 52.0 Å². The maximum atomic E-state index is 12.2. The third kappa shape index (κ3) is 4.88. The summed E-state index contributed by atoms with van der Waals surface area (Å²) in [5.74, 6) is -0.724. The van der Waals surface area contributed by atoms with Crippen LogP contribution in [0.4, 0.5) is 0 Å². The number of carbonyl (C=O) groups is 2. The van der Waals surface area contributed by atoms with E-state index in [-0.39, 0.29) is 18.4 Å². The van der Waals surface area contributed by atoms with E-state index in [1.807, 2.05) is 13.0 Å². The second kappa shape index (κ2) is 7.25. The minimum Gasteiger partial charge on any atom is -0.481 e. The van der Waals surface area contributed by atoms with E-state index in [9.17, 15) is 14.7 Å². The predicted molar refractivity (Wildman–Crippen MR) is 83.1 cm³/mol. The fourth-order valence-electron chi connectivity index (χ4n) is 2.52. The molecule has 2 atom stereocenters. The van der Waals surface area contributed by atoms with E-state index in [0.717, 1.165) is 6.42 Å². The van der Waals surface area contributed by atoms with Gasteiger partial charge in [0.05, 0.1) is 5.41 Å². The van der Waals surface area contributed by atoms with Gasteiger partial charge in [-0.2, -0.15) is 0 Å². The first-order valence-corrected chi connectivity index (χ1v) is 7.34. The van der Waals surface area contributed by atoms with Crippen molar-refractivity contribution in [3.63, 3.8) is 0 Å². The molecule has 1 aromatic rings. The zero-order valence-corrected chi connectivity index (χ0v) is 13.2. The average Bonchev–Trinajstić information content (AvgIpc) is 2.37. The Kier molecular flexibility index (Phi) is 5.94. The molecule has 0 aliphatic heterocycles. The highest BCUT2D eigenvalue weighted by molar-refractivity contribution is 5.89. The van der Waals surface area contributed by atoms with Gasteiger partial charge in [-0.1, -0.05) is 44.2 Å². The van der Waals surface area contributed by atoms with Gasteiger partial charge in [0.1, 0.15) is 0 Å². The van der Waals surface area contributed by atoms with Crippen molar-refractivity contribution < 1.29 is 14.7 Å². The Bertz CT molecular complexity index is 484. The third-order valence-electron chi connectivity index (χ3n) is 3.63. The number of rotatable bonds is 7. The van der Waals surface area contributed by atoms with Gasteiger partial charge in [0.2, 0.25) is 5.91 Å². The molecule has 0 fully saturated rings. The number of benzene rings is 1. The molecule has 0 aromatic heterocycles. The van der Waals surface area contributed by atoms with Crippen LogP contribution in [-0.4, -0.2) is 23.0 Å². The quantitative estimate of drug-likeness (QED) is 0.811. The first-order valence-electron chi connectivity index (χ1n) is 7.34. The third-order valence-corrected chi connectivity index (χ3v) is 3.63. The van der Waals surface area contributed by atoms with Crippen LogP contribution in [0.5, 0.6) is 0 Å². The smallest absolute Gasteiger partial charge is 0.314 e. The van der Waals surface area contributed by atoms with E-state index in [1.165, 1.54) is 0 Å². The molecular weight excluding hydrogens is 266 g/mol. The molecule has 0 bridgehead atoms. The van der Waals surface area contributed by atoms with Gasteiger partial charge < -0.3 is 10.4 Å². The van der Waals surface area contributed by atoms with Gasteiger partial charge in [-0.15, -0.1) is 0 Å². The van der Waals surface area contributed by atoms with E-state index in [4.69, 9.17) is 0 Å². The number of carbonyl (C=O) groups excluding carboxylic acids is 1. The summed E-state index contributed by atoms with van der Waals surface area (Å²) >= 11 is 0. The van der Waals surface area contributed by atoms with Crippen LogP contribution in [0.1, 0.15) is 46.1 Å². The van der Waals surface area contributed by atoms with Crippen molar-refractivity contribution in [1.82, 2.24) is 5.32 Å². The van der Waals surface area contributed by atoms with Gasteiger partial charge in [0.25, 0.3) is 0 Å². The normalized spacial score (nSPS) is 15.3. The second-order valence-electron chi connectivity index (χ2n) is 6.28. The molecule has 21 heavy (non-hydrogen) atoms. The molecule has 0 aliphatic carbocycles. The van der Waals surface area contributed by atoms with Crippen LogP contribution in [0, 0.1) is 5.92 Å². The Hall–Kier alpha value is -1.84. The van der Waals surface area contributed by atoms with Crippen molar-refractivity contribution in [2.24, 2.45) is 5.92 Å². The van der Waals surface area contributed by atoms with Crippen LogP contribution >= 0.6 is 0 Å². The topological polar surface area (TPSA) is 66.4 Å². The number of amides is 1. The number of hydrogen-bond donors (Lipinski definition) is 2. The molecule has 0 radical (unpaired) electrons. The molecule has 4 nitrogen and oxygen atoms in total. The number of carboxylic acid groups (broad SMARTS) is 1. The van der Waals surface area contributed by atoms with E-state index in [1.54, 1.807) is 31.2 Å². The fourth-order valence-corrected chi connectivity index (χ4v) is 2.52. The molecule has 1 rings (SSSR count). The van der Waals surface area contributed by atoms with E-state index >= 15 is 0 Å². The van der Waals surface area contributed by atoms with Crippen LogP contribution in [0.3, 0.4) is 0 Å². The lowest BCUT2D eigenvalue weighted by Gasteiger charge is -2.26. The first-order chi connectivity index (χ1) is 9.75. The Labute approximate surface area is 126 Å². The monoisotopic (exact) mass is 291 g/mol. The minimum absolute atomic E-state index is 0.0475. The van der Waals surface area contributed by atoms with Gasteiger partial charge in [-0.05, 0) is 31.7 Å². The highest BCUT2D eigenvalue weighted by Crippen LogP contribution is 2.28. The molecule has 0 saturated heterocycles.